The zero-order valence-corrected chi connectivity index (χ0v) is 19.3. The first-order chi connectivity index (χ1) is 17.0. The minimum Gasteiger partial charge on any atom is -0.508 e. The SMILES string of the molecule is C[C@]1(OC(=O)/C=C/c2ccc(O)cc2)C[C@@H](O)[C@]2(O)C=COC(O[C@@H]3O[C@H](CO)[C@@H](O)[C@H](O)[C@H]3O)[C@@H]21. The van der Waals surface area contributed by atoms with E-state index >= 15 is 0 Å². The van der Waals surface area contributed by atoms with Gasteiger partial charge >= 0.3 is 5.97 Å². The molecule has 2 aliphatic heterocycles. The number of hydrogen-bond acceptors (Lipinski definition) is 12. The Hall–Kier alpha value is -2.55. The molecule has 198 valence electrons. The lowest BCUT2D eigenvalue weighted by molar-refractivity contribution is -0.351. The number of ether oxygens (including phenoxy) is 4. The number of fused-ring (bicyclic) bond motifs is 1. The molecule has 2 heterocycles. The third-order valence-corrected chi connectivity index (χ3v) is 6.86. The van der Waals surface area contributed by atoms with Crippen molar-refractivity contribution in [1.29, 1.82) is 0 Å². The Kier molecular flexibility index (Phi) is 7.42. The van der Waals surface area contributed by atoms with Crippen molar-refractivity contribution in [2.45, 2.75) is 67.6 Å². The Labute approximate surface area is 206 Å². The average molecular weight is 510 g/mol. The summed E-state index contributed by atoms with van der Waals surface area (Å²) in [6, 6.07) is 6.07. The Morgan fingerprint density at radius 3 is 2.47 bits per heavy atom. The molecule has 12 nitrogen and oxygen atoms in total. The summed E-state index contributed by atoms with van der Waals surface area (Å²) in [4.78, 5) is 12.7. The summed E-state index contributed by atoms with van der Waals surface area (Å²) in [6.07, 6.45) is -5.96. The van der Waals surface area contributed by atoms with Gasteiger partial charge in [0.05, 0.1) is 24.9 Å². The number of carbonyl (C=O) groups is 1. The van der Waals surface area contributed by atoms with E-state index in [9.17, 15) is 40.5 Å². The molecule has 1 aromatic rings. The molecule has 0 radical (unpaired) electrons. The smallest absolute Gasteiger partial charge is 0.331 e. The fourth-order valence-electron chi connectivity index (χ4n) is 4.94. The van der Waals surface area contributed by atoms with E-state index in [-0.39, 0.29) is 12.2 Å². The highest BCUT2D eigenvalue weighted by Gasteiger charge is 2.66. The first-order valence-corrected chi connectivity index (χ1v) is 11.4. The summed E-state index contributed by atoms with van der Waals surface area (Å²) in [5.74, 6) is -1.93. The summed E-state index contributed by atoms with van der Waals surface area (Å²) in [5, 5.41) is 71.1. The molecular weight excluding hydrogens is 480 g/mol. The summed E-state index contributed by atoms with van der Waals surface area (Å²) in [6.45, 7) is 0.808. The van der Waals surface area contributed by atoms with Gasteiger partial charge in [0.25, 0.3) is 0 Å². The van der Waals surface area contributed by atoms with Crippen molar-refractivity contribution in [2.75, 3.05) is 6.61 Å². The predicted octanol–water partition coefficient (Wildman–Crippen LogP) is -1.49. The monoisotopic (exact) mass is 510 g/mol. The van der Waals surface area contributed by atoms with Gasteiger partial charge in [-0.25, -0.2) is 4.79 Å². The van der Waals surface area contributed by atoms with Crippen LogP contribution in [0.2, 0.25) is 0 Å². The lowest BCUT2D eigenvalue weighted by Crippen LogP contribution is -2.62. The number of aliphatic hydroxyl groups is 6. The summed E-state index contributed by atoms with van der Waals surface area (Å²) in [5.41, 5.74) is -2.84. The fourth-order valence-corrected chi connectivity index (χ4v) is 4.94. The predicted molar refractivity (Wildman–Crippen MR) is 120 cm³/mol. The number of rotatable bonds is 6. The number of phenols is 1. The first kappa shape index (κ1) is 26.5. The van der Waals surface area contributed by atoms with Crippen LogP contribution in [0.1, 0.15) is 18.9 Å². The second-order valence-corrected chi connectivity index (χ2v) is 9.38. The number of aliphatic hydroxyl groups excluding tert-OH is 5. The van der Waals surface area contributed by atoms with Crippen LogP contribution in [0.15, 0.2) is 42.7 Å². The molecular formula is C24H30O12. The van der Waals surface area contributed by atoms with Gasteiger partial charge in [-0.3, -0.25) is 0 Å². The molecule has 0 bridgehead atoms. The maximum atomic E-state index is 12.7. The van der Waals surface area contributed by atoms with Crippen LogP contribution < -0.4 is 0 Å². The van der Waals surface area contributed by atoms with Gasteiger partial charge < -0.3 is 54.7 Å². The Morgan fingerprint density at radius 2 is 1.81 bits per heavy atom. The molecule has 7 N–H and O–H groups in total. The second kappa shape index (κ2) is 10.1. The second-order valence-electron chi connectivity index (χ2n) is 9.38. The first-order valence-electron chi connectivity index (χ1n) is 11.4. The van der Waals surface area contributed by atoms with Gasteiger partial charge in [0.15, 0.2) is 6.29 Å². The van der Waals surface area contributed by atoms with Gasteiger partial charge in [0, 0.05) is 12.5 Å². The topological polar surface area (TPSA) is 196 Å². The molecule has 1 saturated carbocycles. The van der Waals surface area contributed by atoms with E-state index in [4.69, 9.17) is 18.9 Å². The molecule has 1 unspecified atom stereocenters. The lowest BCUT2D eigenvalue weighted by Gasteiger charge is -2.45. The molecule has 36 heavy (non-hydrogen) atoms. The summed E-state index contributed by atoms with van der Waals surface area (Å²) >= 11 is 0. The third-order valence-electron chi connectivity index (χ3n) is 6.86. The third kappa shape index (κ3) is 4.86. The molecule has 1 aliphatic carbocycles. The van der Waals surface area contributed by atoms with Crippen molar-refractivity contribution in [3.8, 4) is 5.75 Å². The molecule has 0 amide bonds. The van der Waals surface area contributed by atoms with Crippen LogP contribution >= 0.6 is 0 Å². The largest absolute Gasteiger partial charge is 0.508 e. The maximum Gasteiger partial charge on any atom is 0.331 e. The van der Waals surface area contributed by atoms with Crippen molar-refractivity contribution in [1.82, 2.24) is 0 Å². The van der Waals surface area contributed by atoms with E-state index < -0.39 is 72.8 Å². The Balaban J connectivity index is 1.54. The van der Waals surface area contributed by atoms with Crippen molar-refractivity contribution in [3.63, 3.8) is 0 Å². The van der Waals surface area contributed by atoms with Crippen molar-refractivity contribution >= 4 is 12.0 Å². The zero-order chi connectivity index (χ0) is 26.3. The van der Waals surface area contributed by atoms with Crippen LogP contribution in [0.4, 0.5) is 0 Å². The van der Waals surface area contributed by atoms with Crippen LogP contribution in [0.5, 0.6) is 5.75 Å². The van der Waals surface area contributed by atoms with E-state index in [0.717, 1.165) is 12.3 Å². The van der Waals surface area contributed by atoms with Crippen molar-refractivity contribution < 1.29 is 59.5 Å². The van der Waals surface area contributed by atoms with Crippen molar-refractivity contribution in [2.24, 2.45) is 5.92 Å². The quantitative estimate of drug-likeness (QED) is 0.173. The van der Waals surface area contributed by atoms with E-state index in [1.807, 2.05) is 0 Å². The van der Waals surface area contributed by atoms with E-state index in [1.54, 1.807) is 12.1 Å². The van der Waals surface area contributed by atoms with Crippen LogP contribution in [0.3, 0.4) is 0 Å². The number of carbonyl (C=O) groups excluding carboxylic acids is 1. The van der Waals surface area contributed by atoms with Gasteiger partial charge in [0.1, 0.15) is 41.4 Å². The highest BCUT2D eigenvalue weighted by atomic mass is 16.8. The standard InChI is InChI=1S/C24H30O12/c1-23(36-16(28)7-4-12-2-5-13(26)6-3-12)10-15(27)24(32)8-9-33-22(20(23)24)35-21-19(31)18(30)17(29)14(11-25)34-21/h2-9,14-15,17-22,25-27,29-32H,10-11H2,1H3/b7-4+/t14-,15-,17-,18+,19-,20-,21+,22?,23+,24-/m1/s1. The number of benzene rings is 1. The summed E-state index contributed by atoms with van der Waals surface area (Å²) in [7, 11) is 0. The molecule has 0 aromatic heterocycles. The average Bonchev–Trinajstić information content (AvgIpc) is 3.04. The Morgan fingerprint density at radius 1 is 1.11 bits per heavy atom. The normalized spacial score (nSPS) is 42.2. The molecule has 4 rings (SSSR count). The molecule has 2 fully saturated rings. The van der Waals surface area contributed by atoms with Crippen LogP contribution in [-0.4, -0.2) is 103 Å². The Bertz CT molecular complexity index is 993. The maximum absolute atomic E-state index is 12.7. The molecule has 3 aliphatic rings. The number of hydrogen-bond donors (Lipinski definition) is 7. The molecule has 0 spiro atoms. The number of phenolic OH excluding ortho intramolecular Hbond substituents is 1. The van der Waals surface area contributed by atoms with Gasteiger partial charge in [-0.05, 0) is 36.8 Å². The minimum absolute atomic E-state index is 0.0669. The van der Waals surface area contributed by atoms with Crippen LogP contribution in [-0.2, 0) is 23.7 Å². The van der Waals surface area contributed by atoms with Crippen LogP contribution in [0, 0.1) is 5.92 Å². The molecule has 12 heteroatoms. The molecule has 1 aromatic carbocycles. The lowest BCUT2D eigenvalue weighted by atomic mass is 9.81. The highest BCUT2D eigenvalue weighted by molar-refractivity contribution is 5.87. The van der Waals surface area contributed by atoms with E-state index in [2.05, 4.69) is 0 Å². The van der Waals surface area contributed by atoms with Gasteiger partial charge in [-0.15, -0.1) is 0 Å². The fraction of sp³-hybridized carbons (Fsp3) is 0.542. The van der Waals surface area contributed by atoms with Crippen LogP contribution in [0.25, 0.3) is 6.08 Å². The molecule has 10 atom stereocenters. The van der Waals surface area contributed by atoms with E-state index in [0.29, 0.717) is 5.56 Å². The summed E-state index contributed by atoms with van der Waals surface area (Å²) < 4.78 is 22.2. The minimum atomic E-state index is -1.94. The zero-order valence-electron chi connectivity index (χ0n) is 19.3. The van der Waals surface area contributed by atoms with Gasteiger partial charge in [0.2, 0.25) is 6.29 Å². The van der Waals surface area contributed by atoms with Gasteiger partial charge in [-0.2, -0.15) is 0 Å². The van der Waals surface area contributed by atoms with Crippen molar-refractivity contribution in [3.05, 3.63) is 48.2 Å². The highest BCUT2D eigenvalue weighted by Crippen LogP contribution is 2.51. The van der Waals surface area contributed by atoms with Gasteiger partial charge in [-0.1, -0.05) is 12.1 Å². The molecule has 1 saturated heterocycles. The number of esters is 1. The van der Waals surface area contributed by atoms with E-state index in [1.165, 1.54) is 31.2 Å². The number of aromatic hydroxyl groups is 1.